The molecule has 27 nitrogen and oxygen atoms in total. The molecule has 0 saturated carbocycles. The van der Waals surface area contributed by atoms with Crippen molar-refractivity contribution in [1.82, 2.24) is 0 Å². The second-order valence-corrected chi connectivity index (χ2v) is 12.0. The minimum Gasteiger partial charge on any atom is -0.480 e. The molecule has 0 aliphatic rings. The number of carboxylic acids is 8. The van der Waals surface area contributed by atoms with Gasteiger partial charge in [-0.2, -0.15) is 0 Å². The Morgan fingerprint density at radius 1 is 0.397 bits per heavy atom. The monoisotopic (exact) mass is 857 g/mol. The van der Waals surface area contributed by atoms with Crippen LogP contribution < -0.4 is 57.3 Å². The summed E-state index contributed by atoms with van der Waals surface area (Å²) >= 11 is 0. The number of nitrogens with two attached hydrogens (primary N) is 10. The first kappa shape index (κ1) is 73.9. The topological polar surface area (TPSA) is 576 Å². The second-order valence-electron chi connectivity index (χ2n) is 12.0. The fourth-order valence-corrected chi connectivity index (χ4v) is 1.52. The van der Waals surface area contributed by atoms with Crippen LogP contribution >= 0.6 is 0 Å². The normalized spacial score (nSPS) is 11.6. The van der Waals surface area contributed by atoms with Crippen LogP contribution in [0.15, 0.2) is 0 Å². The number of carbonyl (C=O) groups is 9. The summed E-state index contributed by atoms with van der Waals surface area (Å²) in [5.41, 5.74) is 48.6. The van der Waals surface area contributed by atoms with Gasteiger partial charge < -0.3 is 98.2 Å². The molecule has 0 spiro atoms. The van der Waals surface area contributed by atoms with Crippen molar-refractivity contribution in [1.29, 1.82) is 0 Å². The van der Waals surface area contributed by atoms with Crippen LogP contribution in [-0.2, 0) is 43.2 Å². The van der Waals surface area contributed by atoms with Gasteiger partial charge in [0.15, 0.2) is 0 Å². The summed E-state index contributed by atoms with van der Waals surface area (Å²) in [5.74, 6) is -7.24. The van der Waals surface area contributed by atoms with E-state index in [4.69, 9.17) is 75.3 Å². The molecule has 0 aromatic carbocycles. The number of amides is 1. The highest BCUT2D eigenvalue weighted by Crippen LogP contribution is 2.02. The molecule has 0 aromatic heterocycles. The molecule has 0 aromatic rings. The number of hydrogen-bond donors (Lipinski definition) is 18. The van der Waals surface area contributed by atoms with Crippen molar-refractivity contribution in [3.63, 3.8) is 0 Å². The molecule has 58 heavy (non-hydrogen) atoms. The predicted molar refractivity (Wildman–Crippen MR) is 211 cm³/mol. The third-order valence-corrected chi connectivity index (χ3v) is 4.61. The van der Waals surface area contributed by atoms with Crippen LogP contribution in [0.4, 0.5) is 0 Å². The Morgan fingerprint density at radius 3 is 0.621 bits per heavy atom. The first-order valence-corrected chi connectivity index (χ1v) is 16.7. The number of primary amides is 1. The lowest BCUT2D eigenvalue weighted by Crippen LogP contribution is -2.37. The van der Waals surface area contributed by atoms with E-state index >= 15 is 0 Å². The maximum atomic E-state index is 10.3. The number of hydrogen-bond acceptors (Lipinski definition) is 18. The van der Waals surface area contributed by atoms with Gasteiger partial charge in [0.1, 0.15) is 24.2 Å². The van der Waals surface area contributed by atoms with Crippen LogP contribution in [0.5, 0.6) is 0 Å². The van der Waals surface area contributed by atoms with Gasteiger partial charge in [-0.3, -0.25) is 43.2 Å². The van der Waals surface area contributed by atoms with Crippen molar-refractivity contribution in [3.8, 4) is 0 Å². The van der Waals surface area contributed by atoms with E-state index in [1.54, 1.807) is 13.8 Å². The summed E-state index contributed by atoms with van der Waals surface area (Å²) < 4.78 is 0. The third-order valence-electron chi connectivity index (χ3n) is 4.61. The molecule has 0 fully saturated rings. The first-order chi connectivity index (χ1) is 26.0. The van der Waals surface area contributed by atoms with Crippen molar-refractivity contribution in [3.05, 3.63) is 0 Å². The number of rotatable bonds is 14. The van der Waals surface area contributed by atoms with Crippen LogP contribution in [0.25, 0.3) is 0 Å². The Bertz CT molecular complexity index is 1010. The summed E-state index contributed by atoms with van der Waals surface area (Å²) in [6, 6.07) is -3.33. The van der Waals surface area contributed by atoms with Crippen LogP contribution in [0.1, 0.15) is 68.2 Å². The average Bonchev–Trinajstić information content (AvgIpc) is 3.09. The minimum absolute atomic E-state index is 0.0208. The largest absolute Gasteiger partial charge is 0.480 e. The molecule has 0 heterocycles. The summed E-state index contributed by atoms with van der Waals surface area (Å²) in [4.78, 5) is 86.6. The summed E-state index contributed by atoms with van der Waals surface area (Å²) in [5, 5.41) is 62.7. The lowest BCUT2D eigenvalue weighted by Gasteiger charge is -2.08. The van der Waals surface area contributed by atoms with Gasteiger partial charge in [-0.1, -0.05) is 41.5 Å². The molecule has 0 radical (unpaired) electrons. The fraction of sp³-hybridized carbons (Fsp3) is 0.710. The van der Waals surface area contributed by atoms with Crippen molar-refractivity contribution < 1.29 is 84.0 Å². The lowest BCUT2D eigenvalue weighted by atomic mass is 10.0. The highest BCUT2D eigenvalue weighted by molar-refractivity contribution is 5.79. The quantitative estimate of drug-likeness (QED) is 0.0780. The molecule has 1 amide bonds. The smallest absolute Gasteiger partial charge is 0.320 e. The second kappa shape index (κ2) is 49.9. The van der Waals surface area contributed by atoms with E-state index in [9.17, 15) is 43.2 Å². The molecule has 28 N–H and O–H groups in total. The van der Waals surface area contributed by atoms with Gasteiger partial charge in [0.25, 0.3) is 0 Å². The van der Waals surface area contributed by atoms with E-state index in [-0.39, 0.29) is 32.1 Å². The maximum Gasteiger partial charge on any atom is 0.320 e. The van der Waals surface area contributed by atoms with E-state index in [0.29, 0.717) is 24.7 Å². The van der Waals surface area contributed by atoms with Gasteiger partial charge in [-0.15, -0.1) is 0 Å². The highest BCUT2D eigenvalue weighted by atomic mass is 16.4. The number of carboxylic acid groups (broad SMARTS) is 8. The molecule has 27 heteroatoms. The van der Waals surface area contributed by atoms with E-state index in [2.05, 4.69) is 22.9 Å². The third kappa shape index (κ3) is 104. The Balaban J connectivity index is -0.0000000673. The van der Waals surface area contributed by atoms with E-state index in [1.807, 2.05) is 27.7 Å². The van der Waals surface area contributed by atoms with Crippen LogP contribution in [-0.4, -0.2) is 151 Å². The zero-order valence-corrected chi connectivity index (χ0v) is 34.4. The van der Waals surface area contributed by atoms with Gasteiger partial charge in [-0.25, -0.2) is 0 Å². The first-order valence-electron chi connectivity index (χ1n) is 16.7. The van der Waals surface area contributed by atoms with E-state index < -0.39 is 83.9 Å². The number of carbonyl (C=O) groups excluding carboxylic acids is 1. The molecule has 0 aliphatic heterocycles. The molecule has 348 valence electrons. The molecule has 0 unspecified atom stereocenters. The van der Waals surface area contributed by atoms with Crippen LogP contribution in [0.2, 0.25) is 0 Å². The molecule has 0 saturated heterocycles. The Morgan fingerprint density at radius 2 is 0.586 bits per heavy atom. The van der Waals surface area contributed by atoms with Crippen molar-refractivity contribution in [2.75, 3.05) is 26.2 Å². The van der Waals surface area contributed by atoms with Crippen molar-refractivity contribution in [2.45, 2.75) is 98.4 Å². The molecular weight excluding hydrogens is 784 g/mol. The summed E-state index contributed by atoms with van der Waals surface area (Å²) in [7, 11) is 0. The predicted octanol–water partition coefficient (Wildman–Crippen LogP) is -4.70. The fourth-order valence-electron chi connectivity index (χ4n) is 1.52. The highest BCUT2D eigenvalue weighted by Gasteiger charge is 2.14. The molecule has 0 aliphatic carbocycles. The Hall–Kier alpha value is -5.13. The SMILES string of the molecule is CC(C)C[C@H](N)C(=O)O.CC(C)C[C@H](N)C(N)=O.CC(C)[C@H](N)C(=O)O.C[C@H](N)C(=O)O.C[C@H](N)C(=O)O.NCC(=O)O.NCC(=O)O.NCC(=O)O.NCC(=O)O. The van der Waals surface area contributed by atoms with Gasteiger partial charge in [0, 0.05) is 0 Å². The zero-order chi connectivity index (χ0) is 49.1. The summed E-state index contributed by atoms with van der Waals surface area (Å²) in [6.07, 6.45) is 1.23. The Labute approximate surface area is 337 Å². The number of aliphatic carboxylic acids is 8. The molecule has 0 rings (SSSR count). The standard InChI is InChI=1S/C6H14N2O.C6H13NO2.C5H11NO2.2C3H7NO2.4C2H5NO2/c2*1-4(2)3-5(7)6(8)9;1-3(2)4(6)5(7)8;2*1-2(4)3(5)6;4*3-1-2(4)5/h4-5H,3,7H2,1-2H3,(H2,8,9);4-5H,3,7H2,1-2H3,(H,8,9);3-4H,6H2,1-2H3,(H,7,8);2*2H,4H2,1H3,(H,5,6);4*1,3H2,(H,4,5)/t2*5-;4-;2*2-;;;;/m00000..../s1. The minimum atomic E-state index is -0.968. The molecule has 5 atom stereocenters. The van der Waals surface area contributed by atoms with Crippen LogP contribution in [0.3, 0.4) is 0 Å². The molecular formula is C31H72N10O17. The van der Waals surface area contributed by atoms with Crippen molar-refractivity contribution >= 4 is 53.7 Å². The Kier molecular flexibility index (Phi) is 63.6. The molecule has 0 bridgehead atoms. The van der Waals surface area contributed by atoms with Gasteiger partial charge >= 0.3 is 47.8 Å². The zero-order valence-electron chi connectivity index (χ0n) is 34.4. The van der Waals surface area contributed by atoms with Crippen molar-refractivity contribution in [2.24, 2.45) is 75.1 Å². The van der Waals surface area contributed by atoms with E-state index in [1.165, 1.54) is 13.8 Å². The van der Waals surface area contributed by atoms with Gasteiger partial charge in [-0.05, 0) is 44.4 Å². The van der Waals surface area contributed by atoms with E-state index in [0.717, 1.165) is 0 Å². The average molecular weight is 857 g/mol. The lowest BCUT2D eigenvalue weighted by molar-refractivity contribution is -0.140. The maximum absolute atomic E-state index is 10.3. The van der Waals surface area contributed by atoms with Gasteiger partial charge in [0.05, 0.1) is 32.2 Å². The van der Waals surface area contributed by atoms with Gasteiger partial charge in [0.2, 0.25) is 5.91 Å². The van der Waals surface area contributed by atoms with Crippen LogP contribution in [0, 0.1) is 17.8 Å². The summed E-state index contributed by atoms with van der Waals surface area (Å²) in [6.45, 7) is 13.2.